The molecule has 1 heterocycles. The highest BCUT2D eigenvalue weighted by Crippen LogP contribution is 2.34. The molecule has 22 heavy (non-hydrogen) atoms. The van der Waals surface area contributed by atoms with Gasteiger partial charge in [-0.2, -0.15) is 4.09 Å². The summed E-state index contributed by atoms with van der Waals surface area (Å²) in [5.41, 5.74) is 0.665. The predicted molar refractivity (Wildman–Crippen MR) is 78.5 cm³/mol. The Bertz CT molecular complexity index is 894. The standard InChI is InChI=1S/C12H7N5O4S/c18-16(19)8-5-6-12(11(7-8)17(20)21)22-15-10-4-2-1-3-9(10)13-14-15/h1-7H. The Kier molecular flexibility index (Phi) is 3.43. The number of aromatic nitrogens is 3. The zero-order valence-electron chi connectivity index (χ0n) is 10.8. The number of nitro groups is 2. The van der Waals surface area contributed by atoms with Gasteiger partial charge >= 0.3 is 0 Å². The second kappa shape index (κ2) is 5.41. The van der Waals surface area contributed by atoms with Gasteiger partial charge in [0.1, 0.15) is 15.9 Å². The summed E-state index contributed by atoms with van der Waals surface area (Å²) in [6, 6.07) is 10.6. The lowest BCUT2D eigenvalue weighted by atomic mass is 10.3. The van der Waals surface area contributed by atoms with E-state index >= 15 is 0 Å². The Morgan fingerprint density at radius 1 is 1.05 bits per heavy atom. The smallest absolute Gasteiger partial charge is 0.258 e. The van der Waals surface area contributed by atoms with Crippen LogP contribution in [-0.4, -0.2) is 24.2 Å². The molecule has 110 valence electrons. The largest absolute Gasteiger partial charge is 0.291 e. The third kappa shape index (κ3) is 2.46. The van der Waals surface area contributed by atoms with E-state index in [1.54, 1.807) is 24.3 Å². The minimum atomic E-state index is -0.674. The number of non-ortho nitro benzene ring substituents is 1. The summed E-state index contributed by atoms with van der Waals surface area (Å²) in [4.78, 5) is 20.7. The average molecular weight is 317 g/mol. The fraction of sp³-hybridized carbons (Fsp3) is 0. The molecule has 0 aliphatic carbocycles. The molecule has 0 unspecified atom stereocenters. The van der Waals surface area contributed by atoms with Crippen LogP contribution < -0.4 is 0 Å². The van der Waals surface area contributed by atoms with Crippen LogP contribution in [0.15, 0.2) is 47.4 Å². The minimum Gasteiger partial charge on any atom is -0.258 e. The third-order valence-corrected chi connectivity index (χ3v) is 3.84. The van der Waals surface area contributed by atoms with Crippen LogP contribution in [0.1, 0.15) is 0 Å². The Morgan fingerprint density at radius 3 is 2.55 bits per heavy atom. The van der Waals surface area contributed by atoms with Gasteiger partial charge in [-0.05, 0) is 18.2 Å². The second-order valence-electron chi connectivity index (χ2n) is 4.21. The molecular weight excluding hydrogens is 310 g/mol. The summed E-state index contributed by atoms with van der Waals surface area (Å²) in [6.45, 7) is 0. The molecular formula is C12H7N5O4S. The van der Waals surface area contributed by atoms with Crippen molar-refractivity contribution in [2.45, 2.75) is 4.90 Å². The number of rotatable bonds is 4. The maximum absolute atomic E-state index is 11.1. The lowest BCUT2D eigenvalue weighted by Crippen LogP contribution is -1.97. The van der Waals surface area contributed by atoms with Gasteiger partial charge in [0.05, 0.1) is 15.9 Å². The van der Waals surface area contributed by atoms with E-state index in [4.69, 9.17) is 0 Å². The van der Waals surface area contributed by atoms with E-state index < -0.39 is 9.85 Å². The summed E-state index contributed by atoms with van der Waals surface area (Å²) in [5, 5.41) is 29.7. The number of fused-ring (bicyclic) bond motifs is 1. The first-order valence-electron chi connectivity index (χ1n) is 5.98. The first-order valence-corrected chi connectivity index (χ1v) is 6.75. The summed E-state index contributed by atoms with van der Waals surface area (Å²) in [6.07, 6.45) is 0. The van der Waals surface area contributed by atoms with Crippen LogP contribution in [0.3, 0.4) is 0 Å². The molecule has 0 atom stereocenters. The van der Waals surface area contributed by atoms with E-state index in [1.807, 2.05) is 0 Å². The zero-order valence-corrected chi connectivity index (χ0v) is 11.6. The van der Waals surface area contributed by atoms with Crippen molar-refractivity contribution in [3.05, 3.63) is 62.7 Å². The van der Waals surface area contributed by atoms with E-state index in [-0.39, 0.29) is 16.3 Å². The van der Waals surface area contributed by atoms with Crippen molar-refractivity contribution in [3.63, 3.8) is 0 Å². The van der Waals surface area contributed by atoms with Gasteiger partial charge in [0.15, 0.2) is 0 Å². The normalized spacial score (nSPS) is 10.7. The summed E-state index contributed by atoms with van der Waals surface area (Å²) in [7, 11) is 0. The highest BCUT2D eigenvalue weighted by molar-refractivity contribution is 7.98. The van der Waals surface area contributed by atoms with E-state index in [0.717, 1.165) is 18.0 Å². The van der Waals surface area contributed by atoms with Gasteiger partial charge in [-0.1, -0.05) is 17.3 Å². The molecule has 0 fully saturated rings. The van der Waals surface area contributed by atoms with Gasteiger partial charge in [-0.3, -0.25) is 20.2 Å². The minimum absolute atomic E-state index is 0.242. The van der Waals surface area contributed by atoms with Crippen molar-refractivity contribution in [2.24, 2.45) is 0 Å². The van der Waals surface area contributed by atoms with Crippen molar-refractivity contribution in [2.75, 3.05) is 0 Å². The van der Waals surface area contributed by atoms with Gasteiger partial charge in [-0.15, -0.1) is 5.10 Å². The molecule has 0 radical (unpaired) electrons. The molecule has 1 aromatic heterocycles. The predicted octanol–water partition coefficient (Wildman–Crippen LogP) is 2.80. The third-order valence-electron chi connectivity index (χ3n) is 2.86. The maximum atomic E-state index is 11.1. The quantitative estimate of drug-likeness (QED) is 0.536. The molecule has 3 rings (SSSR count). The molecule has 9 nitrogen and oxygen atoms in total. The fourth-order valence-electron chi connectivity index (χ4n) is 1.85. The van der Waals surface area contributed by atoms with Crippen LogP contribution in [0.25, 0.3) is 11.0 Å². The topological polar surface area (TPSA) is 117 Å². The highest BCUT2D eigenvalue weighted by Gasteiger charge is 2.21. The summed E-state index contributed by atoms with van der Waals surface area (Å²) in [5.74, 6) is 0. The second-order valence-corrected chi connectivity index (χ2v) is 5.18. The summed E-state index contributed by atoms with van der Waals surface area (Å²) < 4.78 is 1.43. The molecule has 10 heteroatoms. The molecule has 0 saturated heterocycles. The van der Waals surface area contributed by atoms with Crippen molar-refractivity contribution in [1.29, 1.82) is 0 Å². The van der Waals surface area contributed by atoms with Gasteiger partial charge in [0.2, 0.25) is 0 Å². The van der Waals surface area contributed by atoms with Gasteiger partial charge in [0.25, 0.3) is 11.4 Å². The van der Waals surface area contributed by atoms with Gasteiger partial charge < -0.3 is 0 Å². The SMILES string of the molecule is O=[N+]([O-])c1ccc(Sn2nnc3ccccc32)c([N+](=O)[O-])c1. The van der Waals surface area contributed by atoms with Crippen molar-refractivity contribution in [3.8, 4) is 0 Å². The molecule has 2 aromatic carbocycles. The van der Waals surface area contributed by atoms with E-state index in [1.165, 1.54) is 16.2 Å². The molecule has 0 N–H and O–H groups in total. The van der Waals surface area contributed by atoms with Crippen LogP contribution >= 0.6 is 11.9 Å². The lowest BCUT2D eigenvalue weighted by molar-refractivity contribution is -0.396. The fourth-order valence-corrected chi connectivity index (χ4v) is 2.72. The van der Waals surface area contributed by atoms with E-state index in [0.29, 0.717) is 11.0 Å². The molecule has 3 aromatic rings. The number of hydrogen-bond donors (Lipinski definition) is 0. The number of nitro benzene ring substituents is 2. The average Bonchev–Trinajstić information content (AvgIpc) is 2.90. The first-order chi connectivity index (χ1) is 10.6. The van der Waals surface area contributed by atoms with Crippen LogP contribution in [0.2, 0.25) is 0 Å². The highest BCUT2D eigenvalue weighted by atomic mass is 32.2. The Morgan fingerprint density at radius 2 is 1.82 bits per heavy atom. The zero-order chi connectivity index (χ0) is 15.7. The Labute approximate surface area is 127 Å². The summed E-state index contributed by atoms with van der Waals surface area (Å²) >= 11 is 0.978. The monoisotopic (exact) mass is 317 g/mol. The van der Waals surface area contributed by atoms with Crippen molar-refractivity contribution in [1.82, 2.24) is 14.4 Å². The molecule has 0 saturated carbocycles. The molecule has 0 aliphatic rings. The maximum Gasteiger partial charge on any atom is 0.291 e. The number of para-hydroxylation sites is 1. The number of hydrogen-bond acceptors (Lipinski definition) is 7. The van der Waals surface area contributed by atoms with Crippen LogP contribution in [-0.2, 0) is 0 Å². The van der Waals surface area contributed by atoms with Crippen molar-refractivity contribution >= 4 is 34.4 Å². The first kappa shape index (κ1) is 13.9. The van der Waals surface area contributed by atoms with Gasteiger partial charge in [0, 0.05) is 18.0 Å². The Hall–Kier alpha value is -3.01. The lowest BCUT2D eigenvalue weighted by Gasteiger charge is -2.02. The Balaban J connectivity index is 2.05. The number of nitrogens with zero attached hydrogens (tertiary/aromatic N) is 5. The van der Waals surface area contributed by atoms with Crippen molar-refractivity contribution < 1.29 is 9.85 Å². The molecule has 0 bridgehead atoms. The van der Waals surface area contributed by atoms with E-state index in [9.17, 15) is 20.2 Å². The van der Waals surface area contributed by atoms with E-state index in [2.05, 4.69) is 10.3 Å². The molecule has 0 amide bonds. The number of benzene rings is 2. The van der Waals surface area contributed by atoms with Crippen LogP contribution in [0.4, 0.5) is 11.4 Å². The van der Waals surface area contributed by atoms with Crippen LogP contribution in [0, 0.1) is 20.2 Å². The molecule has 0 spiro atoms. The van der Waals surface area contributed by atoms with Crippen LogP contribution in [0.5, 0.6) is 0 Å². The van der Waals surface area contributed by atoms with Gasteiger partial charge in [-0.25, -0.2) is 0 Å². The molecule has 0 aliphatic heterocycles.